The molecule has 39 heavy (non-hydrogen) atoms. The molecule has 0 radical (unpaired) electrons. The van der Waals surface area contributed by atoms with Gasteiger partial charge in [0.15, 0.2) is 0 Å². The van der Waals surface area contributed by atoms with Gasteiger partial charge in [0.2, 0.25) is 0 Å². The predicted molar refractivity (Wildman–Crippen MR) is 150 cm³/mol. The van der Waals surface area contributed by atoms with Gasteiger partial charge < -0.3 is 10.9 Å². The van der Waals surface area contributed by atoms with Gasteiger partial charge in [-0.1, -0.05) is 24.4 Å². The van der Waals surface area contributed by atoms with E-state index in [1.807, 2.05) is 12.1 Å². The highest BCUT2D eigenvalue weighted by Gasteiger charge is 2.38. The number of benzene rings is 2. The lowest BCUT2D eigenvalue weighted by atomic mass is 9.99. The normalized spacial score (nSPS) is 13.4. The number of alkyl halides is 3. The molecule has 0 aliphatic rings. The molecule has 1 atom stereocenters. The van der Waals surface area contributed by atoms with Gasteiger partial charge in [-0.25, -0.2) is 0 Å². The van der Waals surface area contributed by atoms with Crippen LogP contribution in [-0.2, 0) is 17.5 Å². The number of rotatable bonds is 11. The van der Waals surface area contributed by atoms with Crippen molar-refractivity contribution < 1.29 is 23.1 Å². The summed E-state index contributed by atoms with van der Waals surface area (Å²) in [5.74, 6) is 4.84. The van der Waals surface area contributed by atoms with E-state index in [1.54, 1.807) is 51.1 Å². The van der Waals surface area contributed by atoms with E-state index in [4.69, 9.17) is 23.3 Å². The number of carbonyl (C=O) groups is 1. The monoisotopic (exact) mass is 560 g/mol. The highest BCUT2D eigenvalue weighted by molar-refractivity contribution is 7.79. The van der Waals surface area contributed by atoms with E-state index in [-0.39, 0.29) is 5.69 Å². The summed E-state index contributed by atoms with van der Waals surface area (Å²) in [5.41, 5.74) is 0.138. The lowest BCUT2D eigenvalue weighted by molar-refractivity contribution is -0.137. The molecule has 0 aliphatic carbocycles. The molecule has 0 heterocycles. The second-order valence-electron chi connectivity index (χ2n) is 9.47. The lowest BCUT2D eigenvalue weighted by Gasteiger charge is -2.37. The maximum atomic E-state index is 13.5. The number of anilines is 1. The number of nitriles is 1. The Morgan fingerprint density at radius 1 is 1.23 bits per heavy atom. The zero-order valence-electron chi connectivity index (χ0n) is 22.1. The number of amides is 1. The van der Waals surface area contributed by atoms with E-state index in [1.165, 1.54) is 12.1 Å². The van der Waals surface area contributed by atoms with Crippen LogP contribution in [0, 0.1) is 11.3 Å². The number of nitrogens with two attached hydrogens (primary N) is 1. The maximum absolute atomic E-state index is 13.5. The second-order valence-corrected chi connectivity index (χ2v) is 9.68. The number of hydrogen-bond donors (Lipinski definition) is 2. The quantitative estimate of drug-likeness (QED) is 0.174. The number of hydrogen-bond acceptors (Lipinski definition) is 8. The fraction of sp³-hybridized carbons (Fsp3) is 0.370. The molecule has 2 rings (SSSR count). The van der Waals surface area contributed by atoms with Crippen molar-refractivity contribution in [3.63, 3.8) is 0 Å². The molecule has 2 aromatic carbocycles. The first kappa shape index (κ1) is 31.6. The number of halogens is 3. The van der Waals surface area contributed by atoms with Crippen LogP contribution < -0.4 is 10.7 Å². The Morgan fingerprint density at radius 2 is 1.87 bits per heavy atom. The fourth-order valence-corrected chi connectivity index (χ4v) is 3.74. The number of aliphatic imine (C=N–C) groups is 1. The highest BCUT2D eigenvalue weighted by atomic mass is 32.1. The van der Waals surface area contributed by atoms with Gasteiger partial charge in [-0.3, -0.25) is 19.6 Å². The van der Waals surface area contributed by atoms with E-state index in [9.17, 15) is 23.1 Å². The molecule has 0 saturated heterocycles. The molecule has 2 aromatic rings. The van der Waals surface area contributed by atoms with Crippen LogP contribution in [0.2, 0.25) is 0 Å². The van der Waals surface area contributed by atoms with Gasteiger partial charge >= 0.3 is 6.18 Å². The van der Waals surface area contributed by atoms with Gasteiger partial charge in [0.25, 0.3) is 5.91 Å². The van der Waals surface area contributed by atoms with E-state index in [2.05, 4.69) is 10.1 Å². The molecule has 8 nitrogen and oxygen atoms in total. The van der Waals surface area contributed by atoms with Crippen LogP contribution in [0.3, 0.4) is 0 Å². The number of thiocarbonyl (C=S) groups is 1. The van der Waals surface area contributed by atoms with Gasteiger partial charge in [0, 0.05) is 12.2 Å². The predicted octanol–water partition coefficient (Wildman–Crippen LogP) is 4.96. The second kappa shape index (κ2) is 13.4. The van der Waals surface area contributed by atoms with E-state index in [0.717, 1.165) is 28.1 Å². The molecular formula is C27H31F3N6O2S. The number of nitrogens with zero attached hydrogens (tertiary/aromatic N) is 5. The number of aliphatic hydroxyl groups is 1. The average molecular weight is 561 g/mol. The molecule has 3 N–H and O–H groups in total. The van der Waals surface area contributed by atoms with Gasteiger partial charge in [-0.05, 0) is 76.6 Å². The Labute approximate surface area is 231 Å². The first-order chi connectivity index (χ1) is 18.2. The summed E-state index contributed by atoms with van der Waals surface area (Å²) in [6.45, 7) is 5.32. The largest absolute Gasteiger partial charge is 0.417 e. The van der Waals surface area contributed by atoms with Crippen molar-refractivity contribution in [1.82, 2.24) is 4.90 Å². The third-order valence-electron chi connectivity index (χ3n) is 6.21. The summed E-state index contributed by atoms with van der Waals surface area (Å²) in [6.07, 6.45) is -2.70. The number of hydrazone groups is 1. The summed E-state index contributed by atoms with van der Waals surface area (Å²) in [7, 11) is 1.72. The molecule has 0 aliphatic heterocycles. The standard InChI is InChI=1S/C27H31F3N6O2S/c1-18(37)5-9-22(34-32)15-33-21-10-6-19(7-11-21)16-35(4)26(2,3)25(38)36(17-39)23-12-8-20(14-31)24(13-23)27(28,29)30/h6-8,10-13,15,17-18,37H,5,9,16,32H2,1-4H3/b33-15?,34-22-. The lowest BCUT2D eigenvalue weighted by Crippen LogP contribution is -2.54. The van der Waals surface area contributed by atoms with Crippen LogP contribution in [0.4, 0.5) is 24.5 Å². The van der Waals surface area contributed by atoms with Crippen molar-refractivity contribution >= 4 is 46.9 Å². The summed E-state index contributed by atoms with van der Waals surface area (Å²) >= 11 is 4.98. The fourth-order valence-electron chi connectivity index (χ4n) is 3.53. The van der Waals surface area contributed by atoms with Crippen LogP contribution in [0.15, 0.2) is 52.6 Å². The minimum absolute atomic E-state index is 0.0844. The van der Waals surface area contributed by atoms with E-state index < -0.39 is 34.9 Å². The zero-order chi connectivity index (χ0) is 29.4. The Hall–Kier alpha value is -3.66. The Balaban J connectivity index is 2.18. The van der Waals surface area contributed by atoms with Gasteiger partial charge in [-0.2, -0.15) is 23.5 Å². The minimum Gasteiger partial charge on any atom is -0.393 e. The minimum atomic E-state index is -4.77. The highest BCUT2D eigenvalue weighted by Crippen LogP contribution is 2.35. The summed E-state index contributed by atoms with van der Waals surface area (Å²) in [6, 6.07) is 11.8. The zero-order valence-corrected chi connectivity index (χ0v) is 22.9. The molecule has 12 heteroatoms. The first-order valence-corrected chi connectivity index (χ1v) is 12.4. The molecule has 0 spiro atoms. The number of carbonyl (C=O) groups excluding carboxylic acids is 1. The van der Waals surface area contributed by atoms with Gasteiger partial charge in [0.05, 0.1) is 51.9 Å². The molecule has 208 valence electrons. The average Bonchev–Trinajstić information content (AvgIpc) is 2.89. The van der Waals surface area contributed by atoms with Crippen molar-refractivity contribution in [1.29, 1.82) is 5.26 Å². The van der Waals surface area contributed by atoms with Crippen LogP contribution in [0.25, 0.3) is 0 Å². The van der Waals surface area contributed by atoms with Crippen LogP contribution in [0.5, 0.6) is 0 Å². The van der Waals surface area contributed by atoms with Crippen molar-refractivity contribution in [2.24, 2.45) is 15.9 Å². The summed E-state index contributed by atoms with van der Waals surface area (Å²) in [5, 5.41) is 22.1. The Kier molecular flexibility index (Phi) is 10.9. The summed E-state index contributed by atoms with van der Waals surface area (Å²) < 4.78 is 40.4. The Morgan fingerprint density at radius 3 is 2.38 bits per heavy atom. The smallest absolute Gasteiger partial charge is 0.393 e. The van der Waals surface area contributed by atoms with E-state index >= 15 is 0 Å². The first-order valence-electron chi connectivity index (χ1n) is 11.9. The van der Waals surface area contributed by atoms with Crippen LogP contribution >= 0.6 is 12.2 Å². The van der Waals surface area contributed by atoms with E-state index in [0.29, 0.717) is 30.8 Å². The Bertz CT molecular complexity index is 1270. The number of likely N-dealkylation sites (N-methyl/N-ethyl adjacent to an activating group) is 1. The number of aliphatic hydroxyl groups excluding tert-OH is 1. The third kappa shape index (κ3) is 8.41. The molecule has 0 fully saturated rings. The SMILES string of the molecule is CC(O)CC/C(C=Nc1ccc(CN(C)C(C)(C)C(=O)N(C=S)c2ccc(C#N)c(C(F)(F)F)c2)cc1)=N/N. The van der Waals surface area contributed by atoms with Crippen molar-refractivity contribution in [2.75, 3.05) is 11.9 Å². The van der Waals surface area contributed by atoms with Crippen molar-refractivity contribution in [3.05, 3.63) is 59.2 Å². The molecule has 0 bridgehead atoms. The molecule has 0 saturated carbocycles. The van der Waals surface area contributed by atoms with Crippen LogP contribution in [0.1, 0.15) is 50.3 Å². The molecular weight excluding hydrogens is 529 g/mol. The van der Waals surface area contributed by atoms with Crippen molar-refractivity contribution in [3.8, 4) is 6.07 Å². The van der Waals surface area contributed by atoms with Crippen LogP contribution in [-0.4, -0.2) is 52.0 Å². The topological polar surface area (TPSA) is 118 Å². The maximum Gasteiger partial charge on any atom is 0.417 e. The summed E-state index contributed by atoms with van der Waals surface area (Å²) in [4.78, 5) is 20.5. The van der Waals surface area contributed by atoms with Gasteiger partial charge in [-0.15, -0.1) is 0 Å². The van der Waals surface area contributed by atoms with Crippen molar-refractivity contribution in [2.45, 2.75) is 58.0 Å². The third-order valence-corrected chi connectivity index (χ3v) is 6.42. The van der Waals surface area contributed by atoms with Gasteiger partial charge in [0.1, 0.15) is 0 Å². The molecule has 1 unspecified atom stereocenters. The molecule has 0 aromatic heterocycles. The molecule has 1 amide bonds.